The maximum absolute atomic E-state index is 13.4. The van der Waals surface area contributed by atoms with Crippen molar-refractivity contribution in [2.75, 3.05) is 0 Å². The Morgan fingerprint density at radius 1 is 0.970 bits per heavy atom. The number of carbonyl (C=O) groups is 2. The van der Waals surface area contributed by atoms with Crippen LogP contribution in [-0.4, -0.2) is 21.7 Å². The predicted octanol–water partition coefficient (Wildman–Crippen LogP) is 4.28. The number of carbonyl (C=O) groups excluding carboxylic acids is 2. The van der Waals surface area contributed by atoms with Gasteiger partial charge in [-0.2, -0.15) is 0 Å². The number of para-hydroxylation sites is 1. The van der Waals surface area contributed by atoms with Crippen molar-refractivity contribution in [3.05, 3.63) is 99.9 Å². The smallest absolute Gasteiger partial charge is 0.270 e. The molecular formula is C24H19FN4O4. The van der Waals surface area contributed by atoms with Gasteiger partial charge in [-0.15, -0.1) is 0 Å². The number of halogens is 1. The number of nitrogens with zero attached hydrogens (tertiary/aromatic N) is 1. The minimum absolute atomic E-state index is 0.0553. The molecule has 166 valence electrons. The molecule has 0 aliphatic heterocycles. The summed E-state index contributed by atoms with van der Waals surface area (Å²) in [4.78, 5) is 38.2. The van der Waals surface area contributed by atoms with Crippen LogP contribution in [0.1, 0.15) is 22.3 Å². The lowest BCUT2D eigenvalue weighted by molar-refractivity contribution is -0.384. The standard InChI is InChI=1S/C24H19FN4O4/c25-17-10-8-15(9-11-17)23-20(19-6-1-2-7-21(19)26-23)12-13-22(30)27-28-24(31)16-4-3-5-18(14-16)29(32)33/h1-11,14,26H,12-13H2,(H,27,30)(H,28,31). The highest BCUT2D eigenvalue weighted by molar-refractivity contribution is 5.96. The van der Waals surface area contributed by atoms with E-state index < -0.39 is 16.7 Å². The number of non-ortho nitro benzene ring substituents is 1. The molecule has 0 atom stereocenters. The second-order valence-corrected chi connectivity index (χ2v) is 7.34. The minimum atomic E-state index is -0.661. The molecule has 1 aromatic heterocycles. The van der Waals surface area contributed by atoms with Crippen molar-refractivity contribution in [1.82, 2.24) is 15.8 Å². The molecule has 0 saturated carbocycles. The van der Waals surface area contributed by atoms with Crippen LogP contribution >= 0.6 is 0 Å². The molecule has 0 bridgehead atoms. The SMILES string of the molecule is O=C(CCc1c(-c2ccc(F)cc2)[nH]c2ccccc12)NNC(=O)c1cccc([N+](=O)[O-])c1. The lowest BCUT2D eigenvalue weighted by Crippen LogP contribution is -2.41. The van der Waals surface area contributed by atoms with E-state index in [1.54, 1.807) is 12.1 Å². The zero-order chi connectivity index (χ0) is 23.4. The summed E-state index contributed by atoms with van der Waals surface area (Å²) < 4.78 is 13.4. The third kappa shape index (κ3) is 4.87. The van der Waals surface area contributed by atoms with Gasteiger partial charge in [0.25, 0.3) is 11.6 Å². The van der Waals surface area contributed by atoms with E-state index in [4.69, 9.17) is 0 Å². The molecule has 4 rings (SSSR count). The number of amides is 2. The lowest BCUT2D eigenvalue weighted by Gasteiger charge is -2.09. The van der Waals surface area contributed by atoms with Gasteiger partial charge in [-0.25, -0.2) is 4.39 Å². The van der Waals surface area contributed by atoms with Crippen molar-refractivity contribution in [3.63, 3.8) is 0 Å². The molecule has 0 unspecified atom stereocenters. The van der Waals surface area contributed by atoms with E-state index in [0.717, 1.165) is 33.8 Å². The number of H-pyrrole nitrogens is 1. The number of hydrazine groups is 1. The van der Waals surface area contributed by atoms with Crippen LogP contribution < -0.4 is 10.9 Å². The summed E-state index contributed by atoms with van der Waals surface area (Å²) in [7, 11) is 0. The average Bonchev–Trinajstić information content (AvgIpc) is 3.20. The maximum Gasteiger partial charge on any atom is 0.270 e. The Balaban J connectivity index is 1.45. The largest absolute Gasteiger partial charge is 0.354 e. The summed E-state index contributed by atoms with van der Waals surface area (Å²) in [6, 6.07) is 18.9. The zero-order valence-corrected chi connectivity index (χ0v) is 17.3. The van der Waals surface area contributed by atoms with Crippen molar-refractivity contribution < 1.29 is 18.9 Å². The number of fused-ring (bicyclic) bond motifs is 1. The Bertz CT molecular complexity index is 1350. The van der Waals surface area contributed by atoms with Gasteiger partial charge in [-0.3, -0.25) is 30.6 Å². The van der Waals surface area contributed by atoms with E-state index in [9.17, 15) is 24.1 Å². The highest BCUT2D eigenvalue weighted by Gasteiger charge is 2.16. The van der Waals surface area contributed by atoms with Crippen LogP contribution in [0.15, 0.2) is 72.8 Å². The maximum atomic E-state index is 13.4. The summed E-state index contributed by atoms with van der Waals surface area (Å²) in [6.07, 6.45) is 0.445. The van der Waals surface area contributed by atoms with Crippen LogP contribution in [0.4, 0.5) is 10.1 Å². The van der Waals surface area contributed by atoms with Gasteiger partial charge in [0, 0.05) is 40.7 Å². The molecule has 3 N–H and O–H groups in total. The Hall–Kier alpha value is -4.53. The van der Waals surface area contributed by atoms with Crippen molar-refractivity contribution in [3.8, 4) is 11.3 Å². The molecule has 0 spiro atoms. The molecule has 0 radical (unpaired) electrons. The number of aromatic amines is 1. The summed E-state index contributed by atoms with van der Waals surface area (Å²) in [6.45, 7) is 0. The number of aryl methyl sites for hydroxylation is 1. The van der Waals surface area contributed by atoms with Crippen LogP contribution in [0, 0.1) is 15.9 Å². The first-order chi connectivity index (χ1) is 15.9. The van der Waals surface area contributed by atoms with Gasteiger partial charge in [-0.1, -0.05) is 24.3 Å². The lowest BCUT2D eigenvalue weighted by atomic mass is 10.0. The van der Waals surface area contributed by atoms with Crippen molar-refractivity contribution >= 4 is 28.4 Å². The molecule has 33 heavy (non-hydrogen) atoms. The third-order valence-corrected chi connectivity index (χ3v) is 5.18. The van der Waals surface area contributed by atoms with Gasteiger partial charge < -0.3 is 4.98 Å². The Kier molecular flexibility index (Phi) is 6.12. The fourth-order valence-electron chi connectivity index (χ4n) is 3.58. The summed E-state index contributed by atoms with van der Waals surface area (Å²) in [5.41, 5.74) is 7.83. The third-order valence-electron chi connectivity index (χ3n) is 5.18. The second-order valence-electron chi connectivity index (χ2n) is 7.34. The summed E-state index contributed by atoms with van der Waals surface area (Å²) in [5, 5.41) is 11.8. The molecule has 2 amide bonds. The highest BCUT2D eigenvalue weighted by atomic mass is 19.1. The number of nitro groups is 1. The van der Waals surface area contributed by atoms with Crippen LogP contribution in [-0.2, 0) is 11.2 Å². The molecule has 0 aliphatic carbocycles. The summed E-state index contributed by atoms with van der Waals surface area (Å²) >= 11 is 0. The number of nitro benzene ring substituents is 1. The monoisotopic (exact) mass is 446 g/mol. The zero-order valence-electron chi connectivity index (χ0n) is 17.3. The molecule has 0 saturated heterocycles. The van der Waals surface area contributed by atoms with E-state index in [-0.39, 0.29) is 23.5 Å². The second kappa shape index (κ2) is 9.31. The van der Waals surface area contributed by atoms with Gasteiger partial charge in [0.05, 0.1) is 4.92 Å². The number of benzene rings is 3. The molecule has 0 fully saturated rings. The van der Waals surface area contributed by atoms with E-state index in [1.807, 2.05) is 24.3 Å². The number of nitrogens with one attached hydrogen (secondary N) is 3. The van der Waals surface area contributed by atoms with Crippen LogP contribution in [0.25, 0.3) is 22.2 Å². The summed E-state index contributed by atoms with van der Waals surface area (Å²) in [5.74, 6) is -1.43. The van der Waals surface area contributed by atoms with Gasteiger partial charge in [0.15, 0.2) is 0 Å². The first-order valence-corrected chi connectivity index (χ1v) is 10.1. The van der Waals surface area contributed by atoms with Gasteiger partial charge in [0.2, 0.25) is 5.91 Å². The highest BCUT2D eigenvalue weighted by Crippen LogP contribution is 2.31. The molecule has 3 aromatic carbocycles. The predicted molar refractivity (Wildman–Crippen MR) is 121 cm³/mol. The van der Waals surface area contributed by atoms with Gasteiger partial charge >= 0.3 is 0 Å². The number of aromatic nitrogens is 1. The quantitative estimate of drug-likeness (QED) is 0.303. The van der Waals surface area contributed by atoms with E-state index in [2.05, 4.69) is 15.8 Å². The van der Waals surface area contributed by atoms with Gasteiger partial charge in [0.1, 0.15) is 5.82 Å². The van der Waals surface area contributed by atoms with Crippen LogP contribution in [0.5, 0.6) is 0 Å². The first kappa shape index (κ1) is 21.7. The Labute approximate surface area is 187 Å². The normalized spacial score (nSPS) is 10.7. The van der Waals surface area contributed by atoms with E-state index in [0.29, 0.717) is 6.42 Å². The van der Waals surface area contributed by atoms with Crippen molar-refractivity contribution in [2.45, 2.75) is 12.8 Å². The minimum Gasteiger partial charge on any atom is -0.354 e. The first-order valence-electron chi connectivity index (χ1n) is 10.1. The Morgan fingerprint density at radius 3 is 2.48 bits per heavy atom. The molecule has 0 aliphatic rings. The molecule has 8 nitrogen and oxygen atoms in total. The fraction of sp³-hybridized carbons (Fsp3) is 0.0833. The molecule has 1 heterocycles. The van der Waals surface area contributed by atoms with Crippen molar-refractivity contribution in [1.29, 1.82) is 0 Å². The van der Waals surface area contributed by atoms with E-state index >= 15 is 0 Å². The number of hydrogen-bond donors (Lipinski definition) is 3. The topological polar surface area (TPSA) is 117 Å². The van der Waals surface area contributed by atoms with Gasteiger partial charge in [-0.05, 0) is 53.9 Å². The Morgan fingerprint density at radius 2 is 1.73 bits per heavy atom. The molecule has 4 aromatic rings. The van der Waals surface area contributed by atoms with Crippen molar-refractivity contribution in [2.24, 2.45) is 0 Å². The number of rotatable bonds is 6. The van der Waals surface area contributed by atoms with Crippen LogP contribution in [0.3, 0.4) is 0 Å². The van der Waals surface area contributed by atoms with E-state index in [1.165, 1.54) is 30.3 Å². The number of hydrogen-bond acceptors (Lipinski definition) is 4. The molecular weight excluding hydrogens is 427 g/mol. The van der Waals surface area contributed by atoms with Crippen LogP contribution in [0.2, 0.25) is 0 Å². The fourth-order valence-corrected chi connectivity index (χ4v) is 3.58. The molecule has 9 heteroatoms. The average molecular weight is 446 g/mol.